The molecule has 0 amide bonds. The van der Waals surface area contributed by atoms with Gasteiger partial charge < -0.3 is 5.73 Å². The van der Waals surface area contributed by atoms with Gasteiger partial charge in [-0.1, -0.05) is 29.8 Å². The first-order valence-corrected chi connectivity index (χ1v) is 5.77. The summed E-state index contributed by atoms with van der Waals surface area (Å²) >= 11 is 7.53. The standard InChI is InChI=1S/C11H10ClNOS/c1-6(13)10(14)11-9(12)7-4-2-3-5-8(7)15-11/h2-6H,13H2,1H3. The summed E-state index contributed by atoms with van der Waals surface area (Å²) in [6.07, 6.45) is 0. The fourth-order valence-corrected chi connectivity index (χ4v) is 2.94. The average Bonchev–Trinajstić information content (AvgIpc) is 2.56. The van der Waals surface area contributed by atoms with E-state index < -0.39 is 6.04 Å². The highest BCUT2D eigenvalue weighted by molar-refractivity contribution is 7.21. The number of carbonyl (C=O) groups excluding carboxylic acids is 1. The molecule has 0 aliphatic carbocycles. The van der Waals surface area contributed by atoms with Crippen molar-refractivity contribution < 1.29 is 4.79 Å². The number of nitrogens with two attached hydrogens (primary N) is 1. The van der Waals surface area contributed by atoms with Gasteiger partial charge in [-0.05, 0) is 13.0 Å². The molecular weight excluding hydrogens is 230 g/mol. The summed E-state index contributed by atoms with van der Waals surface area (Å²) in [6.45, 7) is 1.67. The van der Waals surface area contributed by atoms with Crippen molar-refractivity contribution >= 4 is 38.8 Å². The lowest BCUT2D eigenvalue weighted by Gasteiger charge is -2.00. The van der Waals surface area contributed by atoms with E-state index in [1.54, 1.807) is 6.92 Å². The number of hydrogen-bond donors (Lipinski definition) is 1. The molecule has 0 bridgehead atoms. The van der Waals surface area contributed by atoms with Crippen LogP contribution in [0.4, 0.5) is 0 Å². The van der Waals surface area contributed by atoms with Crippen LogP contribution in [0.1, 0.15) is 16.6 Å². The highest BCUT2D eigenvalue weighted by Gasteiger charge is 2.19. The van der Waals surface area contributed by atoms with Crippen LogP contribution in [0.3, 0.4) is 0 Å². The molecule has 2 nitrogen and oxygen atoms in total. The monoisotopic (exact) mass is 239 g/mol. The number of fused-ring (bicyclic) bond motifs is 1. The van der Waals surface area contributed by atoms with Gasteiger partial charge >= 0.3 is 0 Å². The molecule has 2 aromatic rings. The largest absolute Gasteiger partial charge is 0.321 e. The minimum Gasteiger partial charge on any atom is -0.321 e. The zero-order valence-electron chi connectivity index (χ0n) is 8.16. The van der Waals surface area contributed by atoms with Crippen molar-refractivity contribution in [3.05, 3.63) is 34.2 Å². The summed E-state index contributed by atoms with van der Waals surface area (Å²) in [6, 6.07) is 7.18. The van der Waals surface area contributed by atoms with Crippen LogP contribution in [0.15, 0.2) is 24.3 Å². The molecule has 1 unspecified atom stereocenters. The third kappa shape index (κ3) is 1.78. The van der Waals surface area contributed by atoms with E-state index in [0.717, 1.165) is 10.1 Å². The van der Waals surface area contributed by atoms with Crippen molar-refractivity contribution in [3.8, 4) is 0 Å². The van der Waals surface area contributed by atoms with Crippen LogP contribution in [-0.2, 0) is 0 Å². The molecule has 0 radical (unpaired) electrons. The second-order valence-electron chi connectivity index (χ2n) is 3.39. The van der Waals surface area contributed by atoms with E-state index >= 15 is 0 Å². The quantitative estimate of drug-likeness (QED) is 0.819. The van der Waals surface area contributed by atoms with Gasteiger partial charge in [-0.2, -0.15) is 0 Å². The van der Waals surface area contributed by atoms with E-state index in [4.69, 9.17) is 17.3 Å². The average molecular weight is 240 g/mol. The van der Waals surface area contributed by atoms with Gasteiger partial charge in [0.2, 0.25) is 0 Å². The van der Waals surface area contributed by atoms with Gasteiger partial charge in [0.15, 0.2) is 5.78 Å². The van der Waals surface area contributed by atoms with Crippen molar-refractivity contribution in [2.24, 2.45) is 5.73 Å². The van der Waals surface area contributed by atoms with E-state index in [9.17, 15) is 4.79 Å². The third-order valence-electron chi connectivity index (χ3n) is 2.17. The molecule has 1 aromatic carbocycles. The van der Waals surface area contributed by atoms with Gasteiger partial charge in [0.05, 0.1) is 15.9 Å². The van der Waals surface area contributed by atoms with Gasteiger partial charge in [0.1, 0.15) is 0 Å². The molecule has 1 atom stereocenters. The van der Waals surface area contributed by atoms with E-state index in [-0.39, 0.29) is 5.78 Å². The van der Waals surface area contributed by atoms with Gasteiger partial charge in [-0.25, -0.2) is 0 Å². The number of ketones is 1. The van der Waals surface area contributed by atoms with Crippen LogP contribution in [0, 0.1) is 0 Å². The van der Waals surface area contributed by atoms with E-state index in [1.807, 2.05) is 24.3 Å². The Balaban J connectivity index is 2.63. The number of thiophene rings is 1. The number of hydrogen-bond acceptors (Lipinski definition) is 3. The highest BCUT2D eigenvalue weighted by Crippen LogP contribution is 2.35. The van der Waals surface area contributed by atoms with Crippen molar-refractivity contribution in [1.29, 1.82) is 0 Å². The molecule has 2 N–H and O–H groups in total. The summed E-state index contributed by atoms with van der Waals surface area (Å²) in [5, 5.41) is 1.45. The first-order valence-electron chi connectivity index (χ1n) is 4.58. The van der Waals surface area contributed by atoms with Crippen molar-refractivity contribution in [3.63, 3.8) is 0 Å². The Morgan fingerprint density at radius 2 is 2.13 bits per heavy atom. The van der Waals surface area contributed by atoms with Crippen LogP contribution in [0.5, 0.6) is 0 Å². The van der Waals surface area contributed by atoms with Crippen molar-refractivity contribution in [1.82, 2.24) is 0 Å². The summed E-state index contributed by atoms with van der Waals surface area (Å²) in [5.41, 5.74) is 5.56. The zero-order valence-corrected chi connectivity index (χ0v) is 9.73. The SMILES string of the molecule is CC(N)C(=O)c1sc2ccccc2c1Cl. The molecule has 15 heavy (non-hydrogen) atoms. The summed E-state index contributed by atoms with van der Waals surface area (Å²) in [4.78, 5) is 12.3. The maximum absolute atomic E-state index is 11.7. The molecule has 1 aromatic heterocycles. The zero-order chi connectivity index (χ0) is 11.0. The van der Waals surface area contributed by atoms with Crippen LogP contribution in [0.2, 0.25) is 5.02 Å². The first kappa shape index (κ1) is 10.6. The second kappa shape index (κ2) is 3.93. The Morgan fingerprint density at radius 1 is 1.47 bits per heavy atom. The summed E-state index contributed by atoms with van der Waals surface area (Å²) < 4.78 is 1.02. The van der Waals surface area contributed by atoms with Gasteiger partial charge in [0.25, 0.3) is 0 Å². The lowest BCUT2D eigenvalue weighted by Crippen LogP contribution is -2.26. The van der Waals surface area contributed by atoms with Gasteiger partial charge in [-0.3, -0.25) is 4.79 Å². The number of benzene rings is 1. The molecule has 4 heteroatoms. The van der Waals surface area contributed by atoms with Crippen LogP contribution in [-0.4, -0.2) is 11.8 Å². The van der Waals surface area contributed by atoms with Gasteiger partial charge in [-0.15, -0.1) is 11.3 Å². The predicted octanol–water partition coefficient (Wildman–Crippen LogP) is 3.08. The first-order chi connectivity index (χ1) is 7.11. The van der Waals surface area contributed by atoms with Crippen LogP contribution < -0.4 is 5.73 Å². The topological polar surface area (TPSA) is 43.1 Å². The molecule has 0 saturated carbocycles. The Bertz CT molecular complexity index is 518. The molecule has 0 aliphatic heterocycles. The number of rotatable bonds is 2. The second-order valence-corrected chi connectivity index (χ2v) is 4.82. The minimum absolute atomic E-state index is 0.0961. The van der Waals surface area contributed by atoms with Gasteiger partial charge in [0, 0.05) is 10.1 Å². The number of Topliss-reactive ketones (excluding diaryl/α,β-unsaturated/α-hetero) is 1. The molecule has 2 rings (SSSR count). The molecule has 0 aliphatic rings. The van der Waals surface area contributed by atoms with E-state index in [1.165, 1.54) is 11.3 Å². The lowest BCUT2D eigenvalue weighted by molar-refractivity contribution is 0.0972. The molecule has 0 fully saturated rings. The molecule has 0 saturated heterocycles. The number of carbonyl (C=O) groups is 1. The Morgan fingerprint density at radius 3 is 2.73 bits per heavy atom. The highest BCUT2D eigenvalue weighted by atomic mass is 35.5. The Labute approximate surface area is 96.7 Å². The summed E-state index contributed by atoms with van der Waals surface area (Å²) in [5.74, 6) is -0.0961. The molecule has 1 heterocycles. The maximum atomic E-state index is 11.7. The predicted molar refractivity (Wildman–Crippen MR) is 64.8 cm³/mol. The number of halogens is 1. The molecule has 0 spiro atoms. The fourth-order valence-electron chi connectivity index (χ4n) is 1.38. The normalized spacial score (nSPS) is 13.0. The Kier molecular flexibility index (Phi) is 2.78. The summed E-state index contributed by atoms with van der Waals surface area (Å²) in [7, 11) is 0. The third-order valence-corrected chi connectivity index (χ3v) is 3.86. The van der Waals surface area contributed by atoms with Crippen molar-refractivity contribution in [2.45, 2.75) is 13.0 Å². The molecule has 78 valence electrons. The van der Waals surface area contributed by atoms with E-state index in [2.05, 4.69) is 0 Å². The maximum Gasteiger partial charge on any atom is 0.190 e. The molecular formula is C11H10ClNOS. The Hall–Kier alpha value is -0.900. The fraction of sp³-hybridized carbons (Fsp3) is 0.182. The van der Waals surface area contributed by atoms with Crippen LogP contribution in [0.25, 0.3) is 10.1 Å². The smallest absolute Gasteiger partial charge is 0.190 e. The minimum atomic E-state index is -0.504. The van der Waals surface area contributed by atoms with Crippen molar-refractivity contribution in [2.75, 3.05) is 0 Å². The van der Waals surface area contributed by atoms with E-state index in [0.29, 0.717) is 9.90 Å². The van der Waals surface area contributed by atoms with Crippen LogP contribution >= 0.6 is 22.9 Å². The lowest BCUT2D eigenvalue weighted by atomic mass is 10.2.